The van der Waals surface area contributed by atoms with Crippen LogP contribution in [0.25, 0.3) is 22.5 Å². The third kappa shape index (κ3) is 9.08. The fourth-order valence-electron chi connectivity index (χ4n) is 3.64. The average molecular weight is 676 g/mol. The molecule has 4 aromatic rings. The zero-order valence-corrected chi connectivity index (χ0v) is 24.7. The minimum atomic E-state index is 0. The van der Waals surface area contributed by atoms with Crippen LogP contribution in [0.3, 0.4) is 0 Å². The van der Waals surface area contributed by atoms with Gasteiger partial charge in [0.1, 0.15) is 0 Å². The van der Waals surface area contributed by atoms with E-state index < -0.39 is 0 Å². The summed E-state index contributed by atoms with van der Waals surface area (Å²) in [5.41, 5.74) is 8.75. The van der Waals surface area contributed by atoms with Crippen molar-refractivity contribution in [1.82, 2.24) is 20.6 Å². The molecule has 0 aliphatic rings. The summed E-state index contributed by atoms with van der Waals surface area (Å²) < 4.78 is 0. The summed E-state index contributed by atoms with van der Waals surface area (Å²) in [6.45, 7) is 1.71. The van der Waals surface area contributed by atoms with Gasteiger partial charge >= 0.3 is 21.1 Å². The van der Waals surface area contributed by atoms with Crippen molar-refractivity contribution in [2.45, 2.75) is 13.1 Å². The van der Waals surface area contributed by atoms with E-state index in [1.807, 2.05) is 85.0 Å². The summed E-state index contributed by atoms with van der Waals surface area (Å²) in [6, 6.07) is 26.9. The van der Waals surface area contributed by atoms with Crippen LogP contribution in [0.4, 0.5) is 11.4 Å². The zero-order chi connectivity index (χ0) is 25.9. The molecule has 0 bridgehead atoms. The van der Waals surface area contributed by atoms with Crippen molar-refractivity contribution < 1.29 is 21.1 Å². The van der Waals surface area contributed by atoms with E-state index in [-0.39, 0.29) is 21.1 Å². The Morgan fingerprint density at radius 2 is 1.16 bits per heavy atom. The molecule has 0 saturated carbocycles. The van der Waals surface area contributed by atoms with Crippen LogP contribution in [-0.2, 0) is 34.2 Å². The second-order valence-corrected chi connectivity index (χ2v) is 8.87. The van der Waals surface area contributed by atoms with Crippen molar-refractivity contribution in [3.63, 3.8) is 0 Å². The molecule has 37 heavy (non-hydrogen) atoms. The minimum absolute atomic E-state index is 0. The number of pyridine rings is 2. The number of benzene rings is 2. The number of hydrogen-bond donors (Lipinski definition) is 2. The molecule has 4 rings (SSSR count). The van der Waals surface area contributed by atoms with Crippen LogP contribution in [0.1, 0.15) is 11.1 Å². The van der Waals surface area contributed by atoms with Gasteiger partial charge in [0, 0.05) is 59.4 Å². The van der Waals surface area contributed by atoms with Gasteiger partial charge < -0.3 is 30.4 Å². The summed E-state index contributed by atoms with van der Waals surface area (Å²) >= 11 is 0. The normalized spacial score (nSPS) is 10.1. The smallest absolute Gasteiger partial charge is 0.394 e. The second-order valence-electron chi connectivity index (χ2n) is 8.87. The fourth-order valence-corrected chi connectivity index (χ4v) is 3.64. The Kier molecular flexibility index (Phi) is 12.4. The van der Waals surface area contributed by atoms with Gasteiger partial charge in [-0.2, -0.15) is 0 Å². The molecule has 0 atom stereocenters. The van der Waals surface area contributed by atoms with Gasteiger partial charge in [-0.3, -0.25) is 0 Å². The van der Waals surface area contributed by atoms with Gasteiger partial charge in [0.15, 0.2) is 0 Å². The molecule has 0 radical (unpaired) electrons. The Bertz CT molecular complexity index is 1140. The molecule has 7 heteroatoms. The number of rotatable bonds is 8. The average Bonchev–Trinajstić information content (AvgIpc) is 2.90. The molecule has 0 aliphatic heterocycles. The van der Waals surface area contributed by atoms with Crippen molar-refractivity contribution in [1.29, 1.82) is 0 Å². The van der Waals surface area contributed by atoms with Crippen LogP contribution < -0.4 is 20.4 Å². The first-order valence-corrected chi connectivity index (χ1v) is 12.0. The van der Waals surface area contributed by atoms with E-state index in [4.69, 9.17) is 0 Å². The van der Waals surface area contributed by atoms with Gasteiger partial charge in [0.25, 0.3) is 0 Å². The Balaban J connectivity index is 0.000000253. The van der Waals surface area contributed by atoms with Gasteiger partial charge in [-0.05, 0) is 48.9 Å². The third-order valence-corrected chi connectivity index (χ3v) is 5.57. The molecule has 2 heterocycles. The monoisotopic (exact) mass is 675 g/mol. The largest absolute Gasteiger partial charge is 2.00 e. The first-order chi connectivity index (χ1) is 17.4. The van der Waals surface area contributed by atoms with Crippen molar-refractivity contribution in [2.75, 3.05) is 52.1 Å². The number of nitrogens with one attached hydrogen (secondary N) is 2. The standard InChI is InChI=1S/2C15H18N3.Pt/c1-17(2)13-7-5-6-12(10-13)15-11-14(18(3)4)8-9-16-15;1-16-10-12-4-3-5-14(8-12)15-9-13(11-17-2)6-7-18-15;/h5,7-11H,1-4H3;3-4,6-9,16-17H,10-11H2,1-2H3;/q2*-1;+2. The fraction of sp³-hybridized carbons (Fsp3) is 0.267. The SMILES string of the molecule is CN(C)c1cc[c-]c(-c2cc(N(C)C)ccn2)c1.CNCc1cc[c-]c(-c2cc(CNC)ccn2)c1.[Pt+2]. The summed E-state index contributed by atoms with van der Waals surface area (Å²) in [5.74, 6) is 0. The van der Waals surface area contributed by atoms with Gasteiger partial charge in [-0.1, -0.05) is 12.1 Å². The molecule has 0 amide bonds. The Morgan fingerprint density at radius 3 is 1.78 bits per heavy atom. The summed E-state index contributed by atoms with van der Waals surface area (Å²) in [5, 5.41) is 6.30. The van der Waals surface area contributed by atoms with E-state index >= 15 is 0 Å². The quantitative estimate of drug-likeness (QED) is 0.265. The van der Waals surface area contributed by atoms with Crippen molar-refractivity contribution in [2.24, 2.45) is 0 Å². The molecular formula is C30H36N6Pt. The molecule has 2 N–H and O–H groups in total. The van der Waals surface area contributed by atoms with E-state index in [0.717, 1.165) is 47.0 Å². The maximum Gasteiger partial charge on any atom is 2.00 e. The van der Waals surface area contributed by atoms with E-state index in [0.29, 0.717) is 0 Å². The molecule has 6 nitrogen and oxygen atoms in total. The number of anilines is 2. The van der Waals surface area contributed by atoms with E-state index in [2.05, 4.69) is 72.9 Å². The van der Waals surface area contributed by atoms with Gasteiger partial charge in [-0.15, -0.1) is 65.2 Å². The third-order valence-electron chi connectivity index (χ3n) is 5.57. The van der Waals surface area contributed by atoms with E-state index in [1.54, 1.807) is 0 Å². The number of hydrogen-bond acceptors (Lipinski definition) is 6. The first kappa shape index (κ1) is 30.2. The predicted octanol–water partition coefficient (Wildman–Crippen LogP) is 4.67. The summed E-state index contributed by atoms with van der Waals surface area (Å²) in [6.07, 6.45) is 3.68. The van der Waals surface area contributed by atoms with Crippen molar-refractivity contribution >= 4 is 11.4 Å². The molecule has 0 unspecified atom stereocenters. The molecule has 196 valence electrons. The summed E-state index contributed by atoms with van der Waals surface area (Å²) in [4.78, 5) is 13.0. The maximum atomic E-state index is 4.42. The van der Waals surface area contributed by atoms with Crippen LogP contribution in [0, 0.1) is 12.1 Å². The molecule has 2 aromatic carbocycles. The van der Waals surface area contributed by atoms with Crippen molar-refractivity contribution in [3.8, 4) is 22.5 Å². The second kappa shape index (κ2) is 15.3. The Hall–Kier alpha value is -3.05. The van der Waals surface area contributed by atoms with Crippen LogP contribution in [0.15, 0.2) is 73.1 Å². The van der Waals surface area contributed by atoms with Crippen molar-refractivity contribution in [3.05, 3.63) is 96.3 Å². The summed E-state index contributed by atoms with van der Waals surface area (Å²) in [7, 11) is 12.0. The Morgan fingerprint density at radius 1 is 0.649 bits per heavy atom. The molecule has 0 fully saturated rings. The van der Waals surface area contributed by atoms with Gasteiger partial charge in [-0.25, -0.2) is 0 Å². The molecule has 0 aliphatic carbocycles. The molecule has 2 aromatic heterocycles. The minimum Gasteiger partial charge on any atom is -0.394 e. The zero-order valence-electron chi connectivity index (χ0n) is 22.4. The molecule has 0 saturated heterocycles. The van der Waals surface area contributed by atoms with E-state index in [9.17, 15) is 0 Å². The Labute approximate surface area is 236 Å². The number of aromatic nitrogens is 2. The van der Waals surface area contributed by atoms with Crippen LogP contribution >= 0.6 is 0 Å². The maximum absolute atomic E-state index is 4.42. The van der Waals surface area contributed by atoms with Gasteiger partial charge in [0.2, 0.25) is 0 Å². The topological polar surface area (TPSA) is 56.3 Å². The number of nitrogens with zero attached hydrogens (tertiary/aromatic N) is 4. The molecular weight excluding hydrogens is 639 g/mol. The van der Waals surface area contributed by atoms with Crippen LogP contribution in [0.5, 0.6) is 0 Å². The predicted molar refractivity (Wildman–Crippen MR) is 151 cm³/mol. The first-order valence-electron chi connectivity index (χ1n) is 12.0. The van der Waals surface area contributed by atoms with E-state index in [1.165, 1.54) is 11.1 Å². The van der Waals surface area contributed by atoms with Gasteiger partial charge in [0.05, 0.1) is 0 Å². The molecule has 0 spiro atoms. The van der Waals surface area contributed by atoms with Crippen LogP contribution in [-0.4, -0.2) is 52.3 Å². The van der Waals surface area contributed by atoms with Crippen LogP contribution in [0.2, 0.25) is 0 Å².